The summed E-state index contributed by atoms with van der Waals surface area (Å²) in [6.45, 7) is 3.05. The Morgan fingerprint density at radius 1 is 1.24 bits per heavy atom. The van der Waals surface area contributed by atoms with E-state index in [9.17, 15) is 23.3 Å². The molecule has 29 heavy (non-hydrogen) atoms. The number of morpholine rings is 1. The molecule has 2 aromatic rings. The Balaban J connectivity index is 1.96. The number of nitrogens with one attached hydrogen (secondary N) is 1. The molecule has 1 aliphatic heterocycles. The van der Waals surface area contributed by atoms with Gasteiger partial charge in [0.25, 0.3) is 21.6 Å². The minimum atomic E-state index is -4.23. The first-order chi connectivity index (χ1) is 13.7. The maximum atomic E-state index is 12.9. The molecule has 3 rings (SSSR count). The number of carbonyl (C=O) groups is 1. The minimum absolute atomic E-state index is 0.0442. The Bertz CT molecular complexity index is 1070. The van der Waals surface area contributed by atoms with Gasteiger partial charge in [0.05, 0.1) is 39.3 Å². The predicted molar refractivity (Wildman–Crippen MR) is 107 cm³/mol. The first kappa shape index (κ1) is 21.0. The molecule has 0 radical (unpaired) electrons. The van der Waals surface area contributed by atoms with Gasteiger partial charge >= 0.3 is 0 Å². The van der Waals surface area contributed by atoms with Crippen LogP contribution in [0.5, 0.6) is 0 Å². The molecule has 1 aliphatic rings. The van der Waals surface area contributed by atoms with Gasteiger partial charge in [0.2, 0.25) is 0 Å². The molecule has 0 aromatic heterocycles. The number of carbonyl (C=O) groups excluding carboxylic acids is 1. The summed E-state index contributed by atoms with van der Waals surface area (Å²) in [7, 11) is -4.23. The Hall–Kier alpha value is -2.69. The number of amides is 1. The van der Waals surface area contributed by atoms with Crippen LogP contribution in [0.4, 0.5) is 11.4 Å². The van der Waals surface area contributed by atoms with Crippen LogP contribution in [0.2, 0.25) is 5.02 Å². The van der Waals surface area contributed by atoms with Crippen molar-refractivity contribution < 1.29 is 22.9 Å². The number of benzene rings is 2. The molecule has 2 aromatic carbocycles. The summed E-state index contributed by atoms with van der Waals surface area (Å²) in [5.41, 5.74) is 0.00286. The SMILES string of the molecule is Cc1c(Cl)cc(S(=O)(=O)Nc2ccccc2C(=O)N2CCOCC2)cc1[N+](=O)[O-]. The van der Waals surface area contributed by atoms with Crippen molar-refractivity contribution in [2.75, 3.05) is 31.0 Å². The fourth-order valence-corrected chi connectivity index (χ4v) is 4.29. The lowest BCUT2D eigenvalue weighted by molar-refractivity contribution is -0.385. The Labute approximate surface area is 172 Å². The zero-order chi connectivity index (χ0) is 21.2. The number of nitro groups is 1. The van der Waals surface area contributed by atoms with Gasteiger partial charge in [0.1, 0.15) is 0 Å². The first-order valence-electron chi connectivity index (χ1n) is 8.64. The monoisotopic (exact) mass is 439 g/mol. The van der Waals surface area contributed by atoms with Crippen molar-refractivity contribution >= 4 is 38.9 Å². The highest BCUT2D eigenvalue weighted by molar-refractivity contribution is 7.92. The smallest absolute Gasteiger partial charge is 0.275 e. The number of ether oxygens (including phenoxy) is 1. The summed E-state index contributed by atoms with van der Waals surface area (Å²) in [5, 5.41) is 11.2. The van der Waals surface area contributed by atoms with Gasteiger partial charge in [-0.15, -0.1) is 0 Å². The average Bonchev–Trinajstić information content (AvgIpc) is 2.70. The molecule has 0 spiro atoms. The Morgan fingerprint density at radius 3 is 2.55 bits per heavy atom. The fraction of sp³-hybridized carbons (Fsp3) is 0.278. The van der Waals surface area contributed by atoms with Crippen LogP contribution in [0.1, 0.15) is 15.9 Å². The van der Waals surface area contributed by atoms with Crippen molar-refractivity contribution in [3.8, 4) is 0 Å². The third kappa shape index (κ3) is 4.50. The molecule has 0 aliphatic carbocycles. The van der Waals surface area contributed by atoms with Crippen molar-refractivity contribution in [1.29, 1.82) is 0 Å². The van der Waals surface area contributed by atoms with Gasteiger partial charge in [0.15, 0.2) is 0 Å². The molecular formula is C18H18ClN3O6S. The maximum absolute atomic E-state index is 12.9. The maximum Gasteiger partial charge on any atom is 0.275 e. The average molecular weight is 440 g/mol. The van der Waals surface area contributed by atoms with Crippen LogP contribution < -0.4 is 4.72 Å². The van der Waals surface area contributed by atoms with E-state index < -0.39 is 20.6 Å². The molecular weight excluding hydrogens is 422 g/mol. The number of rotatable bonds is 5. The third-order valence-electron chi connectivity index (χ3n) is 4.50. The second-order valence-corrected chi connectivity index (χ2v) is 8.45. The van der Waals surface area contributed by atoms with Gasteiger partial charge in [-0.25, -0.2) is 8.42 Å². The molecule has 1 amide bonds. The van der Waals surface area contributed by atoms with Gasteiger partial charge < -0.3 is 9.64 Å². The summed E-state index contributed by atoms with van der Waals surface area (Å²) >= 11 is 5.99. The summed E-state index contributed by atoms with van der Waals surface area (Å²) in [4.78, 5) is 24.5. The fourth-order valence-electron chi connectivity index (χ4n) is 2.88. The molecule has 0 unspecified atom stereocenters. The Morgan fingerprint density at radius 2 is 1.90 bits per heavy atom. The first-order valence-corrected chi connectivity index (χ1v) is 10.5. The van der Waals surface area contributed by atoms with Crippen LogP contribution in [0.3, 0.4) is 0 Å². The molecule has 1 fully saturated rings. The second kappa shape index (κ2) is 8.36. The molecule has 1 N–H and O–H groups in total. The Kier molecular flexibility index (Phi) is 6.06. The van der Waals surface area contributed by atoms with Gasteiger partial charge in [-0.3, -0.25) is 19.6 Å². The van der Waals surface area contributed by atoms with Crippen molar-refractivity contribution in [2.45, 2.75) is 11.8 Å². The number of sulfonamides is 1. The van der Waals surface area contributed by atoms with E-state index in [0.29, 0.717) is 26.3 Å². The van der Waals surface area contributed by atoms with E-state index in [1.807, 2.05) is 0 Å². The highest BCUT2D eigenvalue weighted by Gasteiger charge is 2.26. The van der Waals surface area contributed by atoms with Crippen LogP contribution in [0.25, 0.3) is 0 Å². The zero-order valence-corrected chi connectivity index (χ0v) is 17.0. The van der Waals surface area contributed by atoms with E-state index in [2.05, 4.69) is 4.72 Å². The predicted octanol–water partition coefficient (Wildman–Crippen LogP) is 2.83. The third-order valence-corrected chi connectivity index (χ3v) is 6.24. The number of para-hydroxylation sites is 1. The lowest BCUT2D eigenvalue weighted by atomic mass is 10.1. The topological polar surface area (TPSA) is 119 Å². The van der Waals surface area contributed by atoms with E-state index in [-0.39, 0.29) is 32.6 Å². The molecule has 0 saturated carbocycles. The number of anilines is 1. The summed E-state index contributed by atoms with van der Waals surface area (Å²) < 4.78 is 33.3. The van der Waals surface area contributed by atoms with Gasteiger partial charge in [-0.05, 0) is 25.1 Å². The van der Waals surface area contributed by atoms with Gasteiger partial charge in [-0.1, -0.05) is 23.7 Å². The summed E-state index contributed by atoms with van der Waals surface area (Å²) in [6.07, 6.45) is 0. The van der Waals surface area contributed by atoms with Crippen LogP contribution in [-0.4, -0.2) is 50.5 Å². The van der Waals surface area contributed by atoms with E-state index in [1.54, 1.807) is 17.0 Å². The lowest BCUT2D eigenvalue weighted by Crippen LogP contribution is -2.41. The van der Waals surface area contributed by atoms with Crippen molar-refractivity contribution in [3.63, 3.8) is 0 Å². The summed E-state index contributed by atoms with van der Waals surface area (Å²) in [6, 6.07) is 8.25. The number of nitro benzene ring substituents is 1. The number of halogens is 1. The van der Waals surface area contributed by atoms with Crippen molar-refractivity contribution in [2.24, 2.45) is 0 Å². The normalized spacial score (nSPS) is 14.5. The second-order valence-electron chi connectivity index (χ2n) is 6.36. The van der Waals surface area contributed by atoms with Gasteiger partial charge in [-0.2, -0.15) is 0 Å². The lowest BCUT2D eigenvalue weighted by Gasteiger charge is -2.27. The number of nitrogens with zero attached hydrogens (tertiary/aromatic N) is 2. The van der Waals surface area contributed by atoms with Crippen LogP contribution in [0.15, 0.2) is 41.3 Å². The zero-order valence-electron chi connectivity index (χ0n) is 15.4. The van der Waals surface area contributed by atoms with Crippen LogP contribution in [0, 0.1) is 17.0 Å². The molecule has 154 valence electrons. The van der Waals surface area contributed by atoms with E-state index in [1.165, 1.54) is 19.1 Å². The van der Waals surface area contributed by atoms with Crippen LogP contribution in [-0.2, 0) is 14.8 Å². The molecule has 1 saturated heterocycles. The van der Waals surface area contributed by atoms with E-state index >= 15 is 0 Å². The van der Waals surface area contributed by atoms with Gasteiger partial charge in [0, 0.05) is 24.7 Å². The molecule has 9 nitrogen and oxygen atoms in total. The molecule has 0 atom stereocenters. The van der Waals surface area contributed by atoms with Crippen LogP contribution >= 0.6 is 11.6 Å². The molecule has 0 bridgehead atoms. The standard InChI is InChI=1S/C18H18ClN3O6S/c1-12-15(19)10-13(11-17(12)22(24)25)29(26,27)20-16-5-3-2-4-14(16)18(23)21-6-8-28-9-7-21/h2-5,10-11,20H,6-9H2,1H3. The highest BCUT2D eigenvalue weighted by atomic mass is 35.5. The molecule has 1 heterocycles. The number of hydrogen-bond donors (Lipinski definition) is 1. The molecule has 11 heteroatoms. The van der Waals surface area contributed by atoms with Crippen molar-refractivity contribution in [3.05, 3.63) is 62.7 Å². The number of hydrogen-bond acceptors (Lipinski definition) is 6. The minimum Gasteiger partial charge on any atom is -0.378 e. The van der Waals surface area contributed by atoms with E-state index in [0.717, 1.165) is 12.1 Å². The highest BCUT2D eigenvalue weighted by Crippen LogP contribution is 2.31. The largest absolute Gasteiger partial charge is 0.378 e. The quantitative estimate of drug-likeness (QED) is 0.565. The van der Waals surface area contributed by atoms with Crippen molar-refractivity contribution in [1.82, 2.24) is 4.90 Å². The van der Waals surface area contributed by atoms with E-state index in [4.69, 9.17) is 16.3 Å². The summed E-state index contributed by atoms with van der Waals surface area (Å²) in [5.74, 6) is -0.334.